The lowest BCUT2D eigenvalue weighted by Gasteiger charge is -2.36. The molecule has 6 nitrogen and oxygen atoms in total. The molecule has 2 aromatic rings. The number of nitrogens with zero attached hydrogens (tertiary/aromatic N) is 2. The molecule has 2 aromatic carbocycles. The maximum absolute atomic E-state index is 13.2. The molecule has 2 heterocycles. The highest BCUT2D eigenvalue weighted by Crippen LogP contribution is 2.28. The minimum atomic E-state index is -3.63. The summed E-state index contributed by atoms with van der Waals surface area (Å²) in [4.78, 5) is 15.3. The normalized spacial score (nSPS) is 19.9. The van der Waals surface area contributed by atoms with Crippen molar-refractivity contribution in [3.8, 4) is 5.75 Å². The minimum Gasteiger partial charge on any atom is -0.494 e. The number of carbonyl (C=O) groups is 1. The first-order valence-corrected chi connectivity index (χ1v) is 12.0. The van der Waals surface area contributed by atoms with Crippen molar-refractivity contribution in [1.29, 1.82) is 0 Å². The van der Waals surface area contributed by atoms with Gasteiger partial charge in [-0.1, -0.05) is 24.3 Å². The summed E-state index contributed by atoms with van der Waals surface area (Å²) in [6.07, 6.45) is 2.27. The fourth-order valence-corrected chi connectivity index (χ4v) is 5.85. The van der Waals surface area contributed by atoms with E-state index in [4.69, 9.17) is 4.74 Å². The Kier molecular flexibility index (Phi) is 6.11. The summed E-state index contributed by atoms with van der Waals surface area (Å²) >= 11 is 0. The topological polar surface area (TPSA) is 66.9 Å². The Hall–Kier alpha value is -2.38. The molecule has 1 saturated heterocycles. The van der Waals surface area contributed by atoms with E-state index in [1.54, 1.807) is 24.3 Å². The van der Waals surface area contributed by atoms with Gasteiger partial charge in [-0.2, -0.15) is 4.31 Å². The van der Waals surface area contributed by atoms with Crippen molar-refractivity contribution in [2.75, 3.05) is 26.2 Å². The van der Waals surface area contributed by atoms with Crippen LogP contribution in [0.5, 0.6) is 5.75 Å². The molecule has 0 aromatic heterocycles. The van der Waals surface area contributed by atoms with E-state index in [1.807, 2.05) is 24.0 Å². The zero-order valence-corrected chi connectivity index (χ0v) is 18.1. The van der Waals surface area contributed by atoms with Gasteiger partial charge in [0.25, 0.3) is 0 Å². The summed E-state index contributed by atoms with van der Waals surface area (Å²) in [5.74, 6) is 0.422. The van der Waals surface area contributed by atoms with Crippen molar-refractivity contribution < 1.29 is 17.9 Å². The molecule has 0 bridgehead atoms. The first-order valence-electron chi connectivity index (χ1n) is 10.6. The lowest BCUT2D eigenvalue weighted by atomic mass is 9.95. The van der Waals surface area contributed by atoms with Gasteiger partial charge in [-0.25, -0.2) is 8.42 Å². The Bertz CT molecular complexity index is 1000. The average Bonchev–Trinajstić information content (AvgIpc) is 2.79. The van der Waals surface area contributed by atoms with Gasteiger partial charge in [0.1, 0.15) is 5.75 Å². The van der Waals surface area contributed by atoms with Crippen molar-refractivity contribution in [3.63, 3.8) is 0 Å². The van der Waals surface area contributed by atoms with Gasteiger partial charge in [0.2, 0.25) is 15.9 Å². The van der Waals surface area contributed by atoms with Gasteiger partial charge in [0.15, 0.2) is 0 Å². The third-order valence-corrected chi connectivity index (χ3v) is 7.83. The predicted octanol–water partition coefficient (Wildman–Crippen LogP) is 3.07. The Morgan fingerprint density at radius 3 is 2.53 bits per heavy atom. The lowest BCUT2D eigenvalue weighted by molar-refractivity contribution is -0.137. The minimum absolute atomic E-state index is 0.0658. The molecule has 0 radical (unpaired) electrons. The summed E-state index contributed by atoms with van der Waals surface area (Å²) in [7, 11) is -3.63. The van der Waals surface area contributed by atoms with E-state index in [-0.39, 0.29) is 23.3 Å². The standard InChI is InChI=1S/C23H28N2O4S/c1-2-29-21-9-11-22(12-10-21)30(27,28)25-14-5-8-20(17-25)23(26)24-15-13-18-6-3-4-7-19(18)16-24/h3-4,6-7,9-12,20H,2,5,8,13-17H2,1H3/t20-/m0/s1. The summed E-state index contributed by atoms with van der Waals surface area (Å²) < 4.78 is 33.1. The van der Waals surface area contributed by atoms with E-state index >= 15 is 0 Å². The number of piperidine rings is 1. The summed E-state index contributed by atoms with van der Waals surface area (Å²) in [6, 6.07) is 14.7. The number of benzene rings is 2. The summed E-state index contributed by atoms with van der Waals surface area (Å²) in [6.45, 7) is 4.41. The second-order valence-electron chi connectivity index (χ2n) is 7.89. The van der Waals surface area contributed by atoms with Gasteiger partial charge in [-0.15, -0.1) is 0 Å². The Labute approximate surface area is 178 Å². The van der Waals surface area contributed by atoms with E-state index in [0.717, 1.165) is 12.8 Å². The Morgan fingerprint density at radius 1 is 1.07 bits per heavy atom. The van der Waals surface area contributed by atoms with Crippen molar-refractivity contribution >= 4 is 15.9 Å². The molecule has 2 aliphatic heterocycles. The van der Waals surface area contributed by atoms with Crippen LogP contribution in [0.1, 0.15) is 30.9 Å². The van der Waals surface area contributed by atoms with Gasteiger partial charge < -0.3 is 9.64 Å². The van der Waals surface area contributed by atoms with E-state index in [1.165, 1.54) is 15.4 Å². The second kappa shape index (κ2) is 8.78. The van der Waals surface area contributed by atoms with Crippen LogP contribution in [0.4, 0.5) is 0 Å². The quantitative estimate of drug-likeness (QED) is 0.734. The maximum Gasteiger partial charge on any atom is 0.243 e. The summed E-state index contributed by atoms with van der Waals surface area (Å²) in [5.41, 5.74) is 2.48. The van der Waals surface area contributed by atoms with E-state index in [0.29, 0.717) is 38.4 Å². The highest BCUT2D eigenvalue weighted by atomic mass is 32.2. The third kappa shape index (κ3) is 4.23. The molecule has 0 unspecified atom stereocenters. The van der Waals surface area contributed by atoms with Crippen LogP contribution >= 0.6 is 0 Å². The van der Waals surface area contributed by atoms with Crippen LogP contribution in [0, 0.1) is 5.92 Å². The fourth-order valence-electron chi connectivity index (χ4n) is 4.33. The van der Waals surface area contributed by atoms with Gasteiger partial charge in [0.05, 0.1) is 17.4 Å². The average molecular weight is 429 g/mol. The first-order chi connectivity index (χ1) is 14.5. The van der Waals surface area contributed by atoms with E-state index in [9.17, 15) is 13.2 Å². The van der Waals surface area contributed by atoms with Gasteiger partial charge >= 0.3 is 0 Å². The van der Waals surface area contributed by atoms with Gasteiger partial charge in [-0.05, 0) is 61.6 Å². The molecule has 4 rings (SSSR count). The van der Waals surface area contributed by atoms with Crippen molar-refractivity contribution in [1.82, 2.24) is 9.21 Å². The molecule has 1 amide bonds. The molecule has 0 N–H and O–H groups in total. The molecular weight excluding hydrogens is 400 g/mol. The molecule has 1 atom stereocenters. The SMILES string of the molecule is CCOc1ccc(S(=O)(=O)N2CCC[C@H](C(=O)N3CCc4ccccc4C3)C2)cc1. The number of amides is 1. The second-order valence-corrected chi connectivity index (χ2v) is 9.82. The van der Waals surface area contributed by atoms with Crippen LogP contribution in [0.15, 0.2) is 53.4 Å². The molecule has 7 heteroatoms. The lowest BCUT2D eigenvalue weighted by Crippen LogP contribution is -2.47. The van der Waals surface area contributed by atoms with Crippen molar-refractivity contribution in [3.05, 3.63) is 59.7 Å². The number of rotatable bonds is 5. The Balaban J connectivity index is 1.45. The molecule has 30 heavy (non-hydrogen) atoms. The number of ether oxygens (including phenoxy) is 1. The summed E-state index contributed by atoms with van der Waals surface area (Å²) in [5, 5.41) is 0. The number of fused-ring (bicyclic) bond motifs is 1. The first kappa shape index (κ1) is 20.9. The van der Waals surface area contributed by atoms with Crippen LogP contribution in [0.3, 0.4) is 0 Å². The fraction of sp³-hybridized carbons (Fsp3) is 0.435. The molecule has 0 spiro atoms. The third-order valence-electron chi connectivity index (χ3n) is 5.95. The van der Waals surface area contributed by atoms with E-state index < -0.39 is 10.0 Å². The van der Waals surface area contributed by atoms with Gasteiger partial charge in [0, 0.05) is 26.2 Å². The van der Waals surface area contributed by atoms with Crippen LogP contribution in [0.2, 0.25) is 0 Å². The van der Waals surface area contributed by atoms with Crippen LogP contribution in [-0.2, 0) is 27.8 Å². The van der Waals surface area contributed by atoms with Crippen molar-refractivity contribution in [2.45, 2.75) is 37.6 Å². The largest absolute Gasteiger partial charge is 0.494 e. The molecule has 2 aliphatic rings. The maximum atomic E-state index is 13.2. The number of hydrogen-bond donors (Lipinski definition) is 0. The van der Waals surface area contributed by atoms with E-state index in [2.05, 4.69) is 12.1 Å². The number of hydrogen-bond acceptors (Lipinski definition) is 4. The highest BCUT2D eigenvalue weighted by Gasteiger charge is 2.35. The molecule has 1 fully saturated rings. The zero-order chi connectivity index (χ0) is 21.1. The molecular formula is C23H28N2O4S. The number of sulfonamides is 1. The molecule has 0 aliphatic carbocycles. The molecule has 160 valence electrons. The highest BCUT2D eigenvalue weighted by molar-refractivity contribution is 7.89. The monoisotopic (exact) mass is 428 g/mol. The zero-order valence-electron chi connectivity index (χ0n) is 17.3. The van der Waals surface area contributed by atoms with Crippen molar-refractivity contribution in [2.24, 2.45) is 5.92 Å². The van der Waals surface area contributed by atoms with Crippen LogP contribution in [0.25, 0.3) is 0 Å². The number of carbonyl (C=O) groups excluding carboxylic acids is 1. The van der Waals surface area contributed by atoms with Gasteiger partial charge in [-0.3, -0.25) is 4.79 Å². The molecule has 0 saturated carbocycles. The Morgan fingerprint density at radius 2 is 1.80 bits per heavy atom. The smallest absolute Gasteiger partial charge is 0.243 e. The van der Waals surface area contributed by atoms with Crippen LogP contribution < -0.4 is 4.74 Å². The predicted molar refractivity (Wildman–Crippen MR) is 115 cm³/mol. The van der Waals surface area contributed by atoms with Crippen LogP contribution in [-0.4, -0.2) is 49.8 Å².